The van der Waals surface area contributed by atoms with E-state index in [2.05, 4.69) is 18.0 Å². The number of hydrogen-bond donors (Lipinski definition) is 0. The van der Waals surface area contributed by atoms with Gasteiger partial charge in [0.2, 0.25) is 0 Å². The fourth-order valence-corrected chi connectivity index (χ4v) is 2.47. The molecule has 0 N–H and O–H groups in total. The van der Waals surface area contributed by atoms with E-state index in [4.69, 9.17) is 0 Å². The van der Waals surface area contributed by atoms with Crippen LogP contribution in [0.3, 0.4) is 0 Å². The predicted octanol–water partition coefficient (Wildman–Crippen LogP) is 3.08. The lowest BCUT2D eigenvalue weighted by atomic mass is 9.97. The Morgan fingerprint density at radius 3 is 2.88 bits per heavy atom. The van der Waals surface area contributed by atoms with Gasteiger partial charge < -0.3 is 0 Å². The van der Waals surface area contributed by atoms with Crippen molar-refractivity contribution in [1.29, 1.82) is 0 Å². The molecule has 1 aromatic rings. The fraction of sp³-hybridized carbons (Fsp3) is 0.571. The molecule has 1 saturated carbocycles. The van der Waals surface area contributed by atoms with E-state index >= 15 is 0 Å². The zero-order chi connectivity index (χ0) is 11.4. The standard InChI is InChI=1S/C14H19NO/c1-11-5-4-10-15-13(11)8-9-14(16)12-6-2-3-7-12/h4-5,10,12H,2-3,6-9H2,1H3. The summed E-state index contributed by atoms with van der Waals surface area (Å²) in [5.74, 6) is 0.798. The van der Waals surface area contributed by atoms with E-state index in [9.17, 15) is 4.79 Å². The van der Waals surface area contributed by atoms with Crippen molar-refractivity contribution < 1.29 is 4.79 Å². The first-order chi connectivity index (χ1) is 7.77. The Bertz CT molecular complexity index is 367. The van der Waals surface area contributed by atoms with Crippen molar-refractivity contribution in [3.63, 3.8) is 0 Å². The summed E-state index contributed by atoms with van der Waals surface area (Å²) in [7, 11) is 0. The number of pyridine rings is 1. The first kappa shape index (κ1) is 11.3. The van der Waals surface area contributed by atoms with Gasteiger partial charge in [0.15, 0.2) is 0 Å². The molecule has 0 bridgehead atoms. The summed E-state index contributed by atoms with van der Waals surface area (Å²) >= 11 is 0. The summed E-state index contributed by atoms with van der Waals surface area (Å²) in [6.45, 7) is 2.06. The Hall–Kier alpha value is -1.18. The summed E-state index contributed by atoms with van der Waals surface area (Å²) in [6, 6.07) is 4.00. The van der Waals surface area contributed by atoms with Crippen LogP contribution in [0.4, 0.5) is 0 Å². The Labute approximate surface area is 97.1 Å². The molecule has 1 aliphatic rings. The second-order valence-electron chi connectivity index (χ2n) is 4.71. The molecular formula is C14H19NO. The number of carbonyl (C=O) groups excluding carboxylic acids is 1. The van der Waals surface area contributed by atoms with Crippen molar-refractivity contribution in [3.8, 4) is 0 Å². The third-order valence-electron chi connectivity index (χ3n) is 3.54. The van der Waals surface area contributed by atoms with Crippen LogP contribution in [0.1, 0.15) is 43.4 Å². The highest BCUT2D eigenvalue weighted by molar-refractivity contribution is 5.81. The van der Waals surface area contributed by atoms with E-state index in [0.29, 0.717) is 18.1 Å². The van der Waals surface area contributed by atoms with Crippen molar-refractivity contribution in [2.45, 2.75) is 45.4 Å². The smallest absolute Gasteiger partial charge is 0.136 e. The van der Waals surface area contributed by atoms with Crippen LogP contribution in [0.15, 0.2) is 18.3 Å². The normalized spacial score (nSPS) is 16.6. The number of rotatable bonds is 4. The van der Waals surface area contributed by atoms with Crippen LogP contribution in [-0.4, -0.2) is 10.8 Å². The van der Waals surface area contributed by atoms with Crippen LogP contribution in [0, 0.1) is 12.8 Å². The van der Waals surface area contributed by atoms with E-state index in [1.807, 2.05) is 12.3 Å². The highest BCUT2D eigenvalue weighted by Crippen LogP contribution is 2.26. The molecule has 0 aliphatic heterocycles. The van der Waals surface area contributed by atoms with Crippen molar-refractivity contribution in [2.24, 2.45) is 5.92 Å². The maximum Gasteiger partial charge on any atom is 0.136 e. The van der Waals surface area contributed by atoms with Gasteiger partial charge in [0.25, 0.3) is 0 Å². The van der Waals surface area contributed by atoms with Gasteiger partial charge in [-0.2, -0.15) is 0 Å². The maximum atomic E-state index is 11.9. The summed E-state index contributed by atoms with van der Waals surface area (Å²) in [5.41, 5.74) is 2.27. The maximum absolute atomic E-state index is 11.9. The summed E-state index contributed by atoms with van der Waals surface area (Å²) in [4.78, 5) is 16.2. The number of ketones is 1. The molecule has 0 spiro atoms. The molecule has 0 amide bonds. The SMILES string of the molecule is Cc1cccnc1CCC(=O)C1CCCC1. The van der Waals surface area contributed by atoms with Crippen LogP contribution in [0.2, 0.25) is 0 Å². The molecule has 1 heterocycles. The van der Waals surface area contributed by atoms with E-state index in [1.54, 1.807) is 0 Å². The molecule has 2 nitrogen and oxygen atoms in total. The lowest BCUT2D eigenvalue weighted by molar-refractivity contribution is -0.122. The van der Waals surface area contributed by atoms with Crippen molar-refractivity contribution in [3.05, 3.63) is 29.6 Å². The number of Topliss-reactive ketones (excluding diaryl/α,β-unsaturated/α-hetero) is 1. The second kappa shape index (κ2) is 5.24. The number of carbonyl (C=O) groups is 1. The Morgan fingerprint density at radius 2 is 2.19 bits per heavy atom. The van der Waals surface area contributed by atoms with E-state index < -0.39 is 0 Å². The van der Waals surface area contributed by atoms with Gasteiger partial charge in [-0.3, -0.25) is 9.78 Å². The molecule has 2 rings (SSSR count). The molecule has 86 valence electrons. The van der Waals surface area contributed by atoms with Crippen LogP contribution in [-0.2, 0) is 11.2 Å². The van der Waals surface area contributed by atoms with Crippen molar-refractivity contribution in [1.82, 2.24) is 4.98 Å². The average Bonchev–Trinajstić information content (AvgIpc) is 2.81. The van der Waals surface area contributed by atoms with Gasteiger partial charge in [0, 0.05) is 24.2 Å². The summed E-state index contributed by atoms with van der Waals surface area (Å²) in [5, 5.41) is 0. The zero-order valence-electron chi connectivity index (χ0n) is 9.91. The van der Waals surface area contributed by atoms with Gasteiger partial charge in [-0.15, -0.1) is 0 Å². The Balaban J connectivity index is 1.87. The Morgan fingerprint density at radius 1 is 1.44 bits per heavy atom. The van der Waals surface area contributed by atoms with Gasteiger partial charge in [-0.25, -0.2) is 0 Å². The third kappa shape index (κ3) is 2.69. The minimum absolute atomic E-state index is 0.351. The van der Waals surface area contributed by atoms with E-state index in [-0.39, 0.29) is 0 Å². The molecule has 0 aromatic carbocycles. The minimum Gasteiger partial charge on any atom is -0.299 e. The zero-order valence-corrected chi connectivity index (χ0v) is 9.91. The van der Waals surface area contributed by atoms with Gasteiger partial charge in [0.05, 0.1) is 0 Å². The highest BCUT2D eigenvalue weighted by atomic mass is 16.1. The first-order valence-corrected chi connectivity index (χ1v) is 6.20. The highest BCUT2D eigenvalue weighted by Gasteiger charge is 2.22. The summed E-state index contributed by atoms with van der Waals surface area (Å²) < 4.78 is 0. The summed E-state index contributed by atoms with van der Waals surface area (Å²) in [6.07, 6.45) is 7.98. The lowest BCUT2D eigenvalue weighted by Gasteiger charge is -2.08. The van der Waals surface area contributed by atoms with Crippen molar-refractivity contribution in [2.75, 3.05) is 0 Å². The monoisotopic (exact) mass is 217 g/mol. The number of nitrogens with zero attached hydrogens (tertiary/aromatic N) is 1. The molecule has 2 heteroatoms. The average molecular weight is 217 g/mol. The van der Waals surface area contributed by atoms with Gasteiger partial charge in [-0.1, -0.05) is 18.9 Å². The second-order valence-corrected chi connectivity index (χ2v) is 4.71. The molecule has 1 aromatic heterocycles. The van der Waals surface area contributed by atoms with Gasteiger partial charge in [0.1, 0.15) is 5.78 Å². The predicted molar refractivity (Wildman–Crippen MR) is 64.3 cm³/mol. The van der Waals surface area contributed by atoms with Crippen molar-refractivity contribution >= 4 is 5.78 Å². The van der Waals surface area contributed by atoms with Gasteiger partial charge >= 0.3 is 0 Å². The number of hydrogen-bond acceptors (Lipinski definition) is 2. The number of aryl methyl sites for hydroxylation is 2. The fourth-order valence-electron chi connectivity index (χ4n) is 2.47. The molecule has 0 saturated heterocycles. The van der Waals surface area contributed by atoms with Crippen LogP contribution >= 0.6 is 0 Å². The molecule has 1 fully saturated rings. The van der Waals surface area contributed by atoms with Crippen LogP contribution in [0.25, 0.3) is 0 Å². The molecule has 16 heavy (non-hydrogen) atoms. The van der Waals surface area contributed by atoms with Crippen LogP contribution < -0.4 is 0 Å². The molecular weight excluding hydrogens is 198 g/mol. The quantitative estimate of drug-likeness (QED) is 0.775. The molecule has 0 atom stereocenters. The van der Waals surface area contributed by atoms with E-state index in [0.717, 1.165) is 25.0 Å². The topological polar surface area (TPSA) is 30.0 Å². The van der Waals surface area contributed by atoms with E-state index in [1.165, 1.54) is 18.4 Å². The minimum atomic E-state index is 0.351. The third-order valence-corrected chi connectivity index (χ3v) is 3.54. The lowest BCUT2D eigenvalue weighted by Crippen LogP contribution is -2.12. The Kier molecular flexibility index (Phi) is 3.70. The number of aromatic nitrogens is 1. The first-order valence-electron chi connectivity index (χ1n) is 6.20. The molecule has 1 aliphatic carbocycles. The molecule has 0 unspecified atom stereocenters. The van der Waals surface area contributed by atoms with Crippen LogP contribution in [0.5, 0.6) is 0 Å². The molecule has 0 radical (unpaired) electrons. The largest absolute Gasteiger partial charge is 0.299 e. The van der Waals surface area contributed by atoms with Gasteiger partial charge in [-0.05, 0) is 37.8 Å².